The van der Waals surface area contributed by atoms with Crippen molar-refractivity contribution in [1.29, 1.82) is 5.26 Å². The summed E-state index contributed by atoms with van der Waals surface area (Å²) in [7, 11) is 0. The number of halogens is 1. The summed E-state index contributed by atoms with van der Waals surface area (Å²) in [5.41, 5.74) is 8.12. The van der Waals surface area contributed by atoms with Gasteiger partial charge in [0.1, 0.15) is 5.82 Å². The zero-order chi connectivity index (χ0) is 17.8. The van der Waals surface area contributed by atoms with Crippen molar-refractivity contribution in [3.8, 4) is 6.07 Å². The summed E-state index contributed by atoms with van der Waals surface area (Å²) in [5.74, 6) is -1.13. The number of benzene rings is 2. The number of carbonyl (C=O) groups is 1. The van der Waals surface area contributed by atoms with Gasteiger partial charge in [0.25, 0.3) is 0 Å². The van der Waals surface area contributed by atoms with E-state index in [-0.39, 0.29) is 17.5 Å². The van der Waals surface area contributed by atoms with Crippen LogP contribution in [0.15, 0.2) is 55.0 Å². The van der Waals surface area contributed by atoms with Gasteiger partial charge in [-0.25, -0.2) is 9.37 Å². The fraction of sp³-hybridized carbons (Fsp3) is 0.105. The summed E-state index contributed by atoms with van der Waals surface area (Å²) in [6.07, 6.45) is 3.50. The van der Waals surface area contributed by atoms with E-state index in [2.05, 4.69) is 11.1 Å². The minimum Gasteiger partial charge on any atom is -0.366 e. The van der Waals surface area contributed by atoms with Gasteiger partial charge in [-0.3, -0.25) is 4.79 Å². The van der Waals surface area contributed by atoms with Crippen LogP contribution in [0.1, 0.15) is 32.7 Å². The van der Waals surface area contributed by atoms with Gasteiger partial charge in [0.05, 0.1) is 18.0 Å². The van der Waals surface area contributed by atoms with E-state index in [0.29, 0.717) is 12.1 Å². The van der Waals surface area contributed by atoms with E-state index in [0.717, 1.165) is 11.3 Å². The molecule has 0 bridgehead atoms. The maximum atomic E-state index is 14.2. The molecule has 3 rings (SSSR count). The number of carbonyl (C=O) groups excluding carboxylic acids is 1. The van der Waals surface area contributed by atoms with Crippen molar-refractivity contribution in [2.75, 3.05) is 0 Å². The average molecular weight is 334 g/mol. The standard InChI is InChI=1S/C19H15FN4O/c20-18-3-1-2-16(19(22)25)17(18)8-15-10-23-12-24(15)11-14-6-4-13(9-21)5-7-14/h1-7,10,12H,8,11H2,(H2,22,25). The molecule has 1 amide bonds. The molecule has 0 atom stereocenters. The quantitative estimate of drug-likeness (QED) is 0.778. The first-order valence-electron chi connectivity index (χ1n) is 7.63. The van der Waals surface area contributed by atoms with Crippen LogP contribution in [-0.4, -0.2) is 15.5 Å². The van der Waals surface area contributed by atoms with Crippen LogP contribution in [0, 0.1) is 17.1 Å². The Bertz CT molecular complexity index is 954. The number of nitriles is 1. The molecule has 0 radical (unpaired) electrons. The Morgan fingerprint density at radius 2 is 2.00 bits per heavy atom. The van der Waals surface area contributed by atoms with E-state index in [1.165, 1.54) is 18.2 Å². The summed E-state index contributed by atoms with van der Waals surface area (Å²) in [4.78, 5) is 15.7. The molecule has 25 heavy (non-hydrogen) atoms. The smallest absolute Gasteiger partial charge is 0.249 e. The normalized spacial score (nSPS) is 10.4. The topological polar surface area (TPSA) is 84.7 Å². The molecule has 0 saturated heterocycles. The van der Waals surface area contributed by atoms with Crippen LogP contribution in [-0.2, 0) is 13.0 Å². The van der Waals surface area contributed by atoms with Crippen molar-refractivity contribution < 1.29 is 9.18 Å². The molecular formula is C19H15FN4O. The Morgan fingerprint density at radius 1 is 1.24 bits per heavy atom. The highest BCUT2D eigenvalue weighted by Crippen LogP contribution is 2.19. The van der Waals surface area contributed by atoms with E-state index in [9.17, 15) is 9.18 Å². The van der Waals surface area contributed by atoms with Crippen LogP contribution in [0.2, 0.25) is 0 Å². The molecule has 1 heterocycles. The summed E-state index contributed by atoms with van der Waals surface area (Å²) in [5, 5.41) is 8.85. The first kappa shape index (κ1) is 16.4. The second-order valence-corrected chi connectivity index (χ2v) is 5.63. The molecule has 5 nitrogen and oxygen atoms in total. The highest BCUT2D eigenvalue weighted by Gasteiger charge is 2.15. The van der Waals surface area contributed by atoms with Gasteiger partial charge in [0, 0.05) is 36.0 Å². The van der Waals surface area contributed by atoms with Crippen LogP contribution < -0.4 is 5.73 Å². The van der Waals surface area contributed by atoms with Gasteiger partial charge in [-0.05, 0) is 29.8 Å². The minimum absolute atomic E-state index is 0.172. The number of imidazole rings is 1. The average Bonchev–Trinajstić information content (AvgIpc) is 3.04. The van der Waals surface area contributed by atoms with Gasteiger partial charge in [0.2, 0.25) is 5.91 Å². The molecule has 6 heteroatoms. The maximum Gasteiger partial charge on any atom is 0.249 e. The molecular weight excluding hydrogens is 319 g/mol. The molecule has 0 fully saturated rings. The lowest BCUT2D eigenvalue weighted by Crippen LogP contribution is -2.16. The summed E-state index contributed by atoms with van der Waals surface area (Å²) >= 11 is 0. The van der Waals surface area contributed by atoms with Crippen LogP contribution in [0.5, 0.6) is 0 Å². The number of amides is 1. The number of nitrogens with two attached hydrogens (primary N) is 1. The lowest BCUT2D eigenvalue weighted by Gasteiger charge is -2.11. The molecule has 124 valence electrons. The number of primary amides is 1. The molecule has 2 aromatic carbocycles. The number of aromatic nitrogens is 2. The second-order valence-electron chi connectivity index (χ2n) is 5.63. The predicted octanol–water partition coefficient (Wildman–Crippen LogP) is 2.63. The third-order valence-corrected chi connectivity index (χ3v) is 3.98. The van der Waals surface area contributed by atoms with Crippen LogP contribution >= 0.6 is 0 Å². The molecule has 0 unspecified atom stereocenters. The third kappa shape index (κ3) is 3.56. The lowest BCUT2D eigenvalue weighted by molar-refractivity contribution is 0.0999. The van der Waals surface area contributed by atoms with E-state index < -0.39 is 11.7 Å². The maximum absolute atomic E-state index is 14.2. The predicted molar refractivity (Wildman–Crippen MR) is 90.2 cm³/mol. The summed E-state index contributed by atoms with van der Waals surface area (Å²) in [6.45, 7) is 0.529. The van der Waals surface area contributed by atoms with Crippen molar-refractivity contribution in [1.82, 2.24) is 9.55 Å². The van der Waals surface area contributed by atoms with E-state index >= 15 is 0 Å². The fourth-order valence-electron chi connectivity index (χ4n) is 2.67. The Morgan fingerprint density at radius 3 is 2.68 bits per heavy atom. The van der Waals surface area contributed by atoms with Gasteiger partial charge < -0.3 is 10.3 Å². The van der Waals surface area contributed by atoms with Gasteiger partial charge in [-0.15, -0.1) is 0 Å². The zero-order valence-electron chi connectivity index (χ0n) is 13.3. The number of hydrogen-bond acceptors (Lipinski definition) is 3. The minimum atomic E-state index is -0.660. The highest BCUT2D eigenvalue weighted by atomic mass is 19.1. The van der Waals surface area contributed by atoms with Crippen LogP contribution in [0.4, 0.5) is 4.39 Å². The van der Waals surface area contributed by atoms with Gasteiger partial charge in [0.15, 0.2) is 0 Å². The summed E-state index contributed by atoms with van der Waals surface area (Å²) in [6, 6.07) is 13.6. The SMILES string of the molecule is N#Cc1ccc(Cn2cncc2Cc2c(F)cccc2C(N)=O)cc1. The molecule has 2 N–H and O–H groups in total. The molecule has 0 aliphatic heterocycles. The monoisotopic (exact) mass is 334 g/mol. The van der Waals surface area contributed by atoms with Crippen molar-refractivity contribution >= 4 is 5.91 Å². The lowest BCUT2D eigenvalue weighted by atomic mass is 10.0. The van der Waals surface area contributed by atoms with Gasteiger partial charge in [-0.1, -0.05) is 18.2 Å². The highest BCUT2D eigenvalue weighted by molar-refractivity contribution is 5.94. The Balaban J connectivity index is 1.88. The van der Waals surface area contributed by atoms with Crippen molar-refractivity contribution in [2.45, 2.75) is 13.0 Å². The number of nitrogens with zero attached hydrogens (tertiary/aromatic N) is 3. The van der Waals surface area contributed by atoms with E-state index in [4.69, 9.17) is 11.0 Å². The van der Waals surface area contributed by atoms with Crippen LogP contribution in [0.25, 0.3) is 0 Å². The largest absolute Gasteiger partial charge is 0.366 e. The van der Waals surface area contributed by atoms with Crippen molar-refractivity contribution in [3.05, 3.63) is 88.8 Å². The zero-order valence-corrected chi connectivity index (χ0v) is 13.3. The molecule has 0 saturated carbocycles. The Hall–Kier alpha value is -3.46. The fourth-order valence-corrected chi connectivity index (χ4v) is 2.67. The molecule has 0 aliphatic rings. The number of hydrogen-bond donors (Lipinski definition) is 1. The van der Waals surface area contributed by atoms with Crippen molar-refractivity contribution in [2.24, 2.45) is 5.73 Å². The molecule has 3 aromatic rings. The number of rotatable bonds is 5. The van der Waals surface area contributed by atoms with E-state index in [1.807, 2.05) is 16.7 Å². The molecule has 0 aliphatic carbocycles. The first-order chi connectivity index (χ1) is 12.1. The Kier molecular flexibility index (Phi) is 4.57. The van der Waals surface area contributed by atoms with Crippen molar-refractivity contribution in [3.63, 3.8) is 0 Å². The molecule has 0 spiro atoms. The van der Waals surface area contributed by atoms with Crippen LogP contribution in [0.3, 0.4) is 0 Å². The second kappa shape index (κ2) is 6.97. The molecule has 1 aromatic heterocycles. The summed E-state index contributed by atoms with van der Waals surface area (Å²) < 4.78 is 16.0. The first-order valence-corrected chi connectivity index (χ1v) is 7.63. The van der Waals surface area contributed by atoms with E-state index in [1.54, 1.807) is 24.7 Å². The van der Waals surface area contributed by atoms with Gasteiger partial charge >= 0.3 is 0 Å². The third-order valence-electron chi connectivity index (χ3n) is 3.98. The Labute approximate surface area is 144 Å². The van der Waals surface area contributed by atoms with Gasteiger partial charge in [-0.2, -0.15) is 5.26 Å².